The number of aliphatic hydroxyl groups excluding tert-OH is 1. The van der Waals surface area contributed by atoms with Crippen molar-refractivity contribution < 1.29 is 27.6 Å². The number of hydrogen-bond acceptors (Lipinski definition) is 7. The lowest BCUT2D eigenvalue weighted by Crippen LogP contribution is -2.46. The van der Waals surface area contributed by atoms with E-state index in [0.717, 1.165) is 27.3 Å². The molecule has 1 fully saturated rings. The van der Waals surface area contributed by atoms with E-state index in [9.17, 15) is 23.1 Å². The van der Waals surface area contributed by atoms with E-state index < -0.39 is 23.0 Å². The van der Waals surface area contributed by atoms with Crippen molar-refractivity contribution in [3.05, 3.63) is 70.9 Å². The van der Waals surface area contributed by atoms with E-state index >= 15 is 0 Å². The zero-order chi connectivity index (χ0) is 26.7. The Bertz CT molecular complexity index is 1530. The summed E-state index contributed by atoms with van der Waals surface area (Å²) in [5.41, 5.74) is 7.41. The number of halogens is 3. The average Bonchev–Trinajstić information content (AvgIpc) is 3.65. The maximum atomic E-state index is 14.2. The highest BCUT2D eigenvalue weighted by Crippen LogP contribution is 2.47. The molecule has 1 amide bonds. The molecule has 0 saturated carbocycles. The minimum Gasteiger partial charge on any atom is -0.394 e. The summed E-state index contributed by atoms with van der Waals surface area (Å²) in [7, 11) is 0. The fraction of sp³-hybridized carbons (Fsp3) is 0.296. The summed E-state index contributed by atoms with van der Waals surface area (Å²) >= 11 is 1.13. The van der Waals surface area contributed by atoms with Crippen LogP contribution in [0.25, 0.3) is 32.5 Å². The molecule has 3 N–H and O–H groups in total. The normalized spacial score (nSPS) is 18.9. The van der Waals surface area contributed by atoms with Gasteiger partial charge in [0, 0.05) is 24.2 Å². The molecule has 0 bridgehead atoms. The Balaban J connectivity index is 1.34. The quantitative estimate of drug-likeness (QED) is 0.386. The van der Waals surface area contributed by atoms with E-state index in [-0.39, 0.29) is 29.8 Å². The van der Waals surface area contributed by atoms with Crippen molar-refractivity contribution in [3.63, 3.8) is 0 Å². The molecule has 6 rings (SSSR count). The van der Waals surface area contributed by atoms with Gasteiger partial charge in [-0.1, -0.05) is 41.6 Å². The van der Waals surface area contributed by atoms with E-state index in [1.165, 1.54) is 0 Å². The van der Waals surface area contributed by atoms with E-state index in [0.29, 0.717) is 42.6 Å². The highest BCUT2D eigenvalue weighted by molar-refractivity contribution is 7.18. The predicted octanol–water partition coefficient (Wildman–Crippen LogP) is 4.79. The number of carbonyl (C=O) groups is 1. The molecular weight excluding hydrogens is 517 g/mol. The molecular formula is C27H23F3N4O3S. The van der Waals surface area contributed by atoms with Gasteiger partial charge >= 0.3 is 6.18 Å². The van der Waals surface area contributed by atoms with Crippen molar-refractivity contribution in [2.45, 2.75) is 31.0 Å². The number of alkyl halides is 3. The third kappa shape index (κ3) is 4.20. The number of carbonyl (C=O) groups excluding carboxylic acids is 1. The Labute approximate surface area is 219 Å². The highest BCUT2D eigenvalue weighted by Gasteiger charge is 2.42. The highest BCUT2D eigenvalue weighted by atomic mass is 32.1. The number of likely N-dealkylation sites (tertiary alicyclic amines) is 1. The fourth-order valence-corrected chi connectivity index (χ4v) is 6.27. The van der Waals surface area contributed by atoms with E-state index in [1.54, 1.807) is 41.3 Å². The minimum atomic E-state index is -4.69. The maximum Gasteiger partial charge on any atom is 0.422 e. The first-order chi connectivity index (χ1) is 18.2. The molecule has 196 valence electrons. The minimum absolute atomic E-state index is 0.116. The first-order valence-electron chi connectivity index (χ1n) is 12.1. The first-order valence-corrected chi connectivity index (χ1v) is 12.9. The number of nitrogens with two attached hydrogens (primary N) is 1. The summed E-state index contributed by atoms with van der Waals surface area (Å²) < 4.78 is 47.8. The number of fused-ring (bicyclic) bond motifs is 3. The van der Waals surface area contributed by atoms with Crippen molar-refractivity contribution in [2.75, 3.05) is 19.7 Å². The molecule has 0 spiro atoms. The first kappa shape index (κ1) is 24.8. The van der Waals surface area contributed by atoms with Crippen LogP contribution in [0.4, 0.5) is 13.2 Å². The number of nitrogens with zero attached hydrogens (tertiary/aromatic N) is 3. The molecule has 3 heterocycles. The summed E-state index contributed by atoms with van der Waals surface area (Å²) in [5.74, 6) is -0.554. The number of aliphatic hydroxyl groups is 1. The summed E-state index contributed by atoms with van der Waals surface area (Å²) in [6.45, 7) is 0.565. The van der Waals surface area contributed by atoms with E-state index in [2.05, 4.69) is 10.1 Å². The van der Waals surface area contributed by atoms with Crippen LogP contribution >= 0.6 is 11.3 Å². The number of benzene rings is 2. The zero-order valence-electron chi connectivity index (χ0n) is 20.1. The van der Waals surface area contributed by atoms with Crippen LogP contribution in [0.15, 0.2) is 53.1 Å². The number of thiazole rings is 1. The Morgan fingerprint density at radius 3 is 2.68 bits per heavy atom. The third-order valence-corrected chi connectivity index (χ3v) is 8.26. The molecule has 11 heteroatoms. The van der Waals surface area contributed by atoms with E-state index in [1.807, 2.05) is 12.1 Å². The van der Waals surface area contributed by atoms with Crippen molar-refractivity contribution in [3.8, 4) is 32.5 Å². The standard InChI is InChI=1S/C27H23F3N4O3S/c28-27(29,30)20-21(15-4-2-1-3-5-15)33-37-22(20)24-32-19-9-7-16-12-17(6-8-18(16)23(19)38-24)25(36)34-11-10-26(31,13-34)14-35/h1-6,8,12,35H,7,9-11,13-14,31H2. The Kier molecular flexibility index (Phi) is 5.89. The second kappa shape index (κ2) is 9.04. The fourth-order valence-electron chi connectivity index (χ4n) is 5.11. The number of hydrogen-bond donors (Lipinski definition) is 2. The average molecular weight is 541 g/mol. The Morgan fingerprint density at radius 1 is 1.18 bits per heavy atom. The predicted molar refractivity (Wildman–Crippen MR) is 135 cm³/mol. The summed E-state index contributed by atoms with van der Waals surface area (Å²) in [6, 6.07) is 13.5. The van der Waals surface area contributed by atoms with Crippen LogP contribution in [0.1, 0.15) is 33.6 Å². The third-order valence-electron chi connectivity index (χ3n) is 7.13. The van der Waals surface area contributed by atoms with Crippen LogP contribution in [0.2, 0.25) is 0 Å². The summed E-state index contributed by atoms with van der Waals surface area (Å²) in [6.07, 6.45) is -3.03. The van der Waals surface area contributed by atoms with Crippen LogP contribution in [-0.2, 0) is 19.0 Å². The van der Waals surface area contributed by atoms with Gasteiger partial charge in [0.25, 0.3) is 5.91 Å². The van der Waals surface area contributed by atoms with Gasteiger partial charge in [0.15, 0.2) is 5.01 Å². The van der Waals surface area contributed by atoms with E-state index in [4.69, 9.17) is 10.3 Å². The van der Waals surface area contributed by atoms with Gasteiger partial charge in [0.05, 0.1) is 22.7 Å². The molecule has 2 aromatic carbocycles. The number of aryl methyl sites for hydroxylation is 2. The van der Waals surface area contributed by atoms with Gasteiger partial charge in [0.2, 0.25) is 5.76 Å². The van der Waals surface area contributed by atoms with Crippen LogP contribution in [0.5, 0.6) is 0 Å². The monoisotopic (exact) mass is 540 g/mol. The SMILES string of the molecule is NC1(CO)CCN(C(=O)c2ccc3c(c2)CCc2nc(-c4onc(-c5ccccc5)c4C(F)(F)F)sc2-3)C1. The number of aromatic nitrogens is 2. The molecule has 1 unspecified atom stereocenters. The molecule has 1 aliphatic heterocycles. The molecule has 4 aromatic rings. The zero-order valence-corrected chi connectivity index (χ0v) is 20.9. The van der Waals surface area contributed by atoms with Gasteiger partial charge in [-0.2, -0.15) is 13.2 Å². The molecule has 2 aliphatic rings. The summed E-state index contributed by atoms with van der Waals surface area (Å²) in [5, 5.41) is 13.4. The Hall–Kier alpha value is -3.54. The van der Waals surface area contributed by atoms with Gasteiger partial charge in [-0.3, -0.25) is 4.79 Å². The van der Waals surface area contributed by atoms with Gasteiger partial charge in [0.1, 0.15) is 11.3 Å². The molecule has 38 heavy (non-hydrogen) atoms. The van der Waals surface area contributed by atoms with Gasteiger partial charge in [-0.05, 0) is 42.5 Å². The lowest BCUT2D eigenvalue weighted by atomic mass is 9.92. The lowest BCUT2D eigenvalue weighted by molar-refractivity contribution is -0.136. The lowest BCUT2D eigenvalue weighted by Gasteiger charge is -2.23. The second-order valence-electron chi connectivity index (χ2n) is 9.76. The summed E-state index contributed by atoms with van der Waals surface area (Å²) in [4.78, 5) is 20.0. The van der Waals surface area contributed by atoms with Crippen molar-refractivity contribution in [2.24, 2.45) is 5.73 Å². The molecule has 1 atom stereocenters. The molecule has 1 aliphatic carbocycles. The largest absolute Gasteiger partial charge is 0.422 e. The maximum absolute atomic E-state index is 14.2. The molecule has 1 saturated heterocycles. The number of rotatable bonds is 4. The Morgan fingerprint density at radius 2 is 1.97 bits per heavy atom. The van der Waals surface area contributed by atoms with Gasteiger partial charge < -0.3 is 20.3 Å². The van der Waals surface area contributed by atoms with Crippen LogP contribution < -0.4 is 5.73 Å². The second-order valence-corrected chi connectivity index (χ2v) is 10.8. The van der Waals surface area contributed by atoms with Crippen LogP contribution in [-0.4, -0.2) is 51.3 Å². The van der Waals surface area contributed by atoms with Crippen molar-refractivity contribution >= 4 is 17.2 Å². The molecule has 7 nitrogen and oxygen atoms in total. The van der Waals surface area contributed by atoms with Crippen LogP contribution in [0.3, 0.4) is 0 Å². The molecule has 0 radical (unpaired) electrons. The molecule has 2 aromatic heterocycles. The van der Waals surface area contributed by atoms with Gasteiger partial charge in [-0.15, -0.1) is 11.3 Å². The topological polar surface area (TPSA) is 105 Å². The smallest absolute Gasteiger partial charge is 0.394 e. The van der Waals surface area contributed by atoms with Crippen molar-refractivity contribution in [1.82, 2.24) is 15.0 Å². The van der Waals surface area contributed by atoms with Crippen LogP contribution in [0, 0.1) is 0 Å². The van der Waals surface area contributed by atoms with Crippen molar-refractivity contribution in [1.29, 1.82) is 0 Å². The number of amides is 1. The van der Waals surface area contributed by atoms with Gasteiger partial charge in [-0.25, -0.2) is 4.98 Å².